The molecule has 1 aliphatic heterocycles. The number of nitrogens with one attached hydrogen (secondary N) is 1. The van der Waals surface area contributed by atoms with Gasteiger partial charge in [-0.1, -0.05) is 0 Å². The van der Waals surface area contributed by atoms with Crippen molar-refractivity contribution in [2.45, 2.75) is 13.0 Å². The quantitative estimate of drug-likeness (QED) is 0.661. The van der Waals surface area contributed by atoms with Crippen LogP contribution in [-0.2, 0) is 15.0 Å². The summed E-state index contributed by atoms with van der Waals surface area (Å²) < 4.78 is 28.8. The van der Waals surface area contributed by atoms with Crippen molar-refractivity contribution in [2.24, 2.45) is 0 Å². The largest absolute Gasteiger partial charge is 0.480 e. The van der Waals surface area contributed by atoms with Crippen LogP contribution < -0.4 is 9.62 Å². The first kappa shape index (κ1) is 17.4. The number of halogens is 1. The van der Waals surface area contributed by atoms with Crippen molar-refractivity contribution in [3.8, 4) is 0 Å². The highest BCUT2D eigenvalue weighted by atomic mass is 127. The molecule has 0 amide bonds. The Morgan fingerprint density at radius 1 is 1.23 bits per heavy atom. The predicted molar refractivity (Wildman–Crippen MR) is 92.1 cm³/mol. The molecule has 1 heterocycles. The van der Waals surface area contributed by atoms with Crippen LogP contribution in [0.25, 0.3) is 0 Å². The molecule has 2 N–H and O–H groups in total. The maximum atomic E-state index is 12.1. The first-order valence-corrected chi connectivity index (χ1v) is 9.32. The smallest absolute Gasteiger partial charge is 0.321 e. The first-order valence-electron chi connectivity index (χ1n) is 6.80. The molecule has 122 valence electrons. The van der Waals surface area contributed by atoms with E-state index < -0.39 is 22.2 Å². The number of anilines is 1. The summed E-state index contributed by atoms with van der Waals surface area (Å²) in [6.45, 7) is 3.11. The molecule has 1 aromatic rings. The third kappa shape index (κ3) is 4.31. The van der Waals surface area contributed by atoms with Crippen molar-refractivity contribution in [3.63, 3.8) is 0 Å². The molecular weight excluding hydrogens is 421 g/mol. The van der Waals surface area contributed by atoms with Crippen molar-refractivity contribution in [2.75, 3.05) is 31.1 Å². The van der Waals surface area contributed by atoms with E-state index in [4.69, 9.17) is 5.11 Å². The predicted octanol–water partition coefficient (Wildman–Crippen LogP) is 0.721. The van der Waals surface area contributed by atoms with Gasteiger partial charge in [-0.05, 0) is 53.8 Å². The van der Waals surface area contributed by atoms with Gasteiger partial charge >= 0.3 is 5.97 Å². The third-order valence-electron chi connectivity index (χ3n) is 3.47. The van der Waals surface area contributed by atoms with Crippen LogP contribution in [0.4, 0.5) is 5.69 Å². The van der Waals surface area contributed by atoms with Crippen LogP contribution in [-0.4, -0.2) is 56.0 Å². The topological polar surface area (TPSA) is 90.0 Å². The van der Waals surface area contributed by atoms with E-state index in [1.54, 1.807) is 0 Å². The fourth-order valence-electron chi connectivity index (χ4n) is 2.19. The van der Waals surface area contributed by atoms with Crippen molar-refractivity contribution in [1.82, 2.24) is 9.03 Å². The summed E-state index contributed by atoms with van der Waals surface area (Å²) >= 11 is 2.24. The van der Waals surface area contributed by atoms with Gasteiger partial charge in [0.05, 0.1) is 0 Å². The monoisotopic (exact) mass is 439 g/mol. The number of aliphatic carboxylic acids is 1. The molecule has 0 aromatic heterocycles. The highest BCUT2D eigenvalue weighted by Gasteiger charge is 2.29. The van der Waals surface area contributed by atoms with Crippen molar-refractivity contribution in [1.29, 1.82) is 0 Å². The standard InChI is InChI=1S/C13H18IN3O4S/c1-10(13(18)19)15-22(20,21)17-8-6-16(7-9-17)12-4-2-11(14)3-5-12/h2-5,10,15H,6-9H2,1H3,(H,18,19)/t10-/m1/s1. The maximum Gasteiger partial charge on any atom is 0.321 e. The van der Waals surface area contributed by atoms with Gasteiger partial charge in [0.25, 0.3) is 10.2 Å². The van der Waals surface area contributed by atoms with Crippen LogP contribution in [0.1, 0.15) is 6.92 Å². The lowest BCUT2D eigenvalue weighted by molar-refractivity contribution is -0.138. The molecule has 0 saturated carbocycles. The second-order valence-electron chi connectivity index (χ2n) is 5.05. The van der Waals surface area contributed by atoms with Gasteiger partial charge in [-0.2, -0.15) is 17.4 Å². The highest BCUT2D eigenvalue weighted by molar-refractivity contribution is 14.1. The summed E-state index contributed by atoms with van der Waals surface area (Å²) in [4.78, 5) is 12.9. The minimum atomic E-state index is -3.77. The zero-order valence-electron chi connectivity index (χ0n) is 12.1. The fourth-order valence-corrected chi connectivity index (χ4v) is 3.89. The van der Waals surface area contributed by atoms with Crippen LogP contribution >= 0.6 is 22.6 Å². The van der Waals surface area contributed by atoms with E-state index >= 15 is 0 Å². The second-order valence-corrected chi connectivity index (χ2v) is 7.99. The minimum Gasteiger partial charge on any atom is -0.480 e. The van der Waals surface area contributed by atoms with Gasteiger partial charge in [-0.25, -0.2) is 0 Å². The van der Waals surface area contributed by atoms with Gasteiger partial charge in [-0.15, -0.1) is 0 Å². The average Bonchev–Trinajstić information content (AvgIpc) is 2.47. The number of nitrogens with zero attached hydrogens (tertiary/aromatic N) is 2. The molecule has 1 aliphatic rings. The molecule has 1 aromatic carbocycles. The molecule has 1 atom stereocenters. The van der Waals surface area contributed by atoms with E-state index in [9.17, 15) is 13.2 Å². The summed E-state index contributed by atoms with van der Waals surface area (Å²) in [6, 6.07) is 6.90. The number of benzene rings is 1. The van der Waals surface area contributed by atoms with E-state index in [0.717, 1.165) is 9.26 Å². The van der Waals surface area contributed by atoms with Gasteiger partial charge in [0, 0.05) is 35.4 Å². The zero-order valence-corrected chi connectivity index (χ0v) is 15.0. The number of hydrogen-bond donors (Lipinski definition) is 2. The van der Waals surface area contributed by atoms with Crippen LogP contribution in [0.3, 0.4) is 0 Å². The average molecular weight is 439 g/mol. The molecule has 1 fully saturated rings. The molecular formula is C13H18IN3O4S. The second kappa shape index (κ2) is 7.11. The highest BCUT2D eigenvalue weighted by Crippen LogP contribution is 2.19. The van der Waals surface area contributed by atoms with Gasteiger partial charge in [-0.3, -0.25) is 4.79 Å². The molecule has 7 nitrogen and oxygen atoms in total. The van der Waals surface area contributed by atoms with Crippen LogP contribution in [0.5, 0.6) is 0 Å². The summed E-state index contributed by atoms with van der Waals surface area (Å²) in [6.07, 6.45) is 0. The summed E-state index contributed by atoms with van der Waals surface area (Å²) in [5, 5.41) is 8.80. The normalized spacial score (nSPS) is 18.2. The lowest BCUT2D eigenvalue weighted by atomic mass is 10.2. The Labute approximate surface area is 143 Å². The minimum absolute atomic E-state index is 0.327. The Morgan fingerprint density at radius 2 is 1.77 bits per heavy atom. The number of piperazine rings is 1. The number of carbonyl (C=O) groups is 1. The Kier molecular flexibility index (Phi) is 5.64. The lowest BCUT2D eigenvalue weighted by Crippen LogP contribution is -2.54. The summed E-state index contributed by atoms with van der Waals surface area (Å²) in [5.41, 5.74) is 1.06. The van der Waals surface area contributed by atoms with Gasteiger partial charge in [0.2, 0.25) is 0 Å². The first-order chi connectivity index (χ1) is 10.3. The van der Waals surface area contributed by atoms with E-state index in [-0.39, 0.29) is 0 Å². The van der Waals surface area contributed by atoms with E-state index in [2.05, 4.69) is 32.2 Å². The number of rotatable bonds is 5. The van der Waals surface area contributed by atoms with E-state index in [1.807, 2.05) is 24.3 Å². The van der Waals surface area contributed by atoms with Crippen LogP contribution in [0, 0.1) is 3.57 Å². The molecule has 0 unspecified atom stereocenters. The number of carboxylic acids is 1. The summed E-state index contributed by atoms with van der Waals surface area (Å²) in [7, 11) is -3.77. The molecule has 1 saturated heterocycles. The molecule has 0 spiro atoms. The van der Waals surface area contributed by atoms with E-state index in [0.29, 0.717) is 26.2 Å². The lowest BCUT2D eigenvalue weighted by Gasteiger charge is -2.35. The van der Waals surface area contributed by atoms with Crippen LogP contribution in [0.2, 0.25) is 0 Å². The van der Waals surface area contributed by atoms with Gasteiger partial charge in [0.15, 0.2) is 0 Å². The van der Waals surface area contributed by atoms with E-state index in [1.165, 1.54) is 11.2 Å². The molecule has 22 heavy (non-hydrogen) atoms. The van der Waals surface area contributed by atoms with Gasteiger partial charge < -0.3 is 10.0 Å². The number of hydrogen-bond acceptors (Lipinski definition) is 4. The van der Waals surface area contributed by atoms with Crippen molar-refractivity contribution >= 4 is 44.5 Å². The van der Waals surface area contributed by atoms with Crippen molar-refractivity contribution < 1.29 is 18.3 Å². The molecule has 0 radical (unpaired) electrons. The zero-order chi connectivity index (χ0) is 16.3. The molecule has 0 aliphatic carbocycles. The molecule has 2 rings (SSSR count). The Balaban J connectivity index is 1.96. The molecule has 0 bridgehead atoms. The Morgan fingerprint density at radius 3 is 2.27 bits per heavy atom. The Hall–Kier alpha value is -0.910. The van der Waals surface area contributed by atoms with Crippen LogP contribution in [0.15, 0.2) is 24.3 Å². The maximum absolute atomic E-state index is 12.1. The molecule has 9 heteroatoms. The Bertz CT molecular complexity index is 627. The van der Waals surface area contributed by atoms with Gasteiger partial charge in [0.1, 0.15) is 6.04 Å². The fraction of sp³-hybridized carbons (Fsp3) is 0.462. The summed E-state index contributed by atoms with van der Waals surface area (Å²) in [5.74, 6) is -1.19. The SMILES string of the molecule is C[C@@H](NS(=O)(=O)N1CCN(c2ccc(I)cc2)CC1)C(=O)O. The van der Waals surface area contributed by atoms with Crippen molar-refractivity contribution in [3.05, 3.63) is 27.8 Å². The third-order valence-corrected chi connectivity index (χ3v) is 5.88. The number of carboxylic acid groups (broad SMARTS) is 1.